The van der Waals surface area contributed by atoms with Crippen molar-refractivity contribution in [3.63, 3.8) is 0 Å². The summed E-state index contributed by atoms with van der Waals surface area (Å²) in [6.45, 7) is 0.0441. The molecule has 6 heteroatoms. The van der Waals surface area contributed by atoms with Gasteiger partial charge < -0.3 is 20.5 Å². The Balaban J connectivity index is 1.89. The van der Waals surface area contributed by atoms with Gasteiger partial charge in [-0.25, -0.2) is 4.79 Å². The van der Waals surface area contributed by atoms with E-state index in [1.54, 1.807) is 48.5 Å². The summed E-state index contributed by atoms with van der Waals surface area (Å²) in [5.41, 5.74) is 1.68. The number of nitrogens with zero attached hydrogens (tertiary/aromatic N) is 1. The Labute approximate surface area is 134 Å². The van der Waals surface area contributed by atoms with Crippen LogP contribution in [0.4, 0.5) is 10.5 Å². The van der Waals surface area contributed by atoms with E-state index in [0.29, 0.717) is 22.6 Å². The summed E-state index contributed by atoms with van der Waals surface area (Å²) >= 11 is 0. The van der Waals surface area contributed by atoms with Crippen LogP contribution in [0.3, 0.4) is 0 Å². The third-order valence-corrected chi connectivity index (χ3v) is 3.23. The molecular formula is C17H17N3O3. The molecule has 0 saturated heterocycles. The van der Waals surface area contributed by atoms with Gasteiger partial charge in [0.2, 0.25) is 0 Å². The van der Waals surface area contributed by atoms with Gasteiger partial charge in [0, 0.05) is 17.8 Å². The molecule has 0 saturated carbocycles. The predicted molar refractivity (Wildman–Crippen MR) is 86.1 cm³/mol. The minimum atomic E-state index is -0.877. The normalized spacial score (nSPS) is 11.2. The molecule has 0 spiro atoms. The molecule has 0 fully saturated rings. The fourth-order valence-electron chi connectivity index (χ4n) is 2.04. The van der Waals surface area contributed by atoms with Crippen LogP contribution in [0.1, 0.15) is 17.2 Å². The molecule has 0 bridgehead atoms. The van der Waals surface area contributed by atoms with E-state index in [-0.39, 0.29) is 6.54 Å². The molecule has 118 valence electrons. The fourth-order valence-corrected chi connectivity index (χ4v) is 2.04. The van der Waals surface area contributed by atoms with Gasteiger partial charge in [-0.15, -0.1) is 0 Å². The Kier molecular flexibility index (Phi) is 5.56. The number of benzene rings is 2. The maximum absolute atomic E-state index is 11.8. The van der Waals surface area contributed by atoms with Crippen molar-refractivity contribution >= 4 is 11.7 Å². The largest absolute Gasteiger partial charge is 0.496 e. The number of hydrogen-bond donors (Lipinski definition) is 3. The Morgan fingerprint density at radius 2 is 1.96 bits per heavy atom. The lowest BCUT2D eigenvalue weighted by atomic mass is 10.1. The Morgan fingerprint density at radius 1 is 1.26 bits per heavy atom. The summed E-state index contributed by atoms with van der Waals surface area (Å²) < 4.78 is 5.18. The van der Waals surface area contributed by atoms with Crippen LogP contribution in [0.15, 0.2) is 48.5 Å². The Bertz CT molecular complexity index is 708. The van der Waals surface area contributed by atoms with Crippen LogP contribution >= 0.6 is 0 Å². The van der Waals surface area contributed by atoms with Gasteiger partial charge in [0.1, 0.15) is 5.75 Å². The van der Waals surface area contributed by atoms with Gasteiger partial charge in [0.25, 0.3) is 0 Å². The van der Waals surface area contributed by atoms with Crippen molar-refractivity contribution in [1.82, 2.24) is 5.32 Å². The van der Waals surface area contributed by atoms with Crippen LogP contribution in [-0.4, -0.2) is 24.8 Å². The topological polar surface area (TPSA) is 94.4 Å². The van der Waals surface area contributed by atoms with Gasteiger partial charge in [-0.3, -0.25) is 0 Å². The van der Waals surface area contributed by atoms with Crippen LogP contribution in [-0.2, 0) is 0 Å². The van der Waals surface area contributed by atoms with E-state index in [4.69, 9.17) is 10.00 Å². The first-order valence-electron chi connectivity index (χ1n) is 7.00. The number of methoxy groups -OCH3 is 1. The zero-order valence-electron chi connectivity index (χ0n) is 12.6. The highest BCUT2D eigenvalue weighted by molar-refractivity contribution is 5.89. The van der Waals surface area contributed by atoms with Gasteiger partial charge in [-0.05, 0) is 30.3 Å². The molecule has 0 heterocycles. The number of anilines is 1. The molecule has 0 radical (unpaired) electrons. The van der Waals surface area contributed by atoms with Gasteiger partial charge in [0.05, 0.1) is 24.8 Å². The molecule has 0 aliphatic carbocycles. The molecule has 0 aliphatic heterocycles. The van der Waals surface area contributed by atoms with Crippen molar-refractivity contribution in [2.24, 2.45) is 0 Å². The molecule has 0 unspecified atom stereocenters. The number of carbonyl (C=O) groups is 1. The number of aliphatic hydroxyl groups excluding tert-OH is 1. The third kappa shape index (κ3) is 4.46. The van der Waals surface area contributed by atoms with Crippen LogP contribution < -0.4 is 15.4 Å². The highest BCUT2D eigenvalue weighted by Gasteiger charge is 2.13. The lowest BCUT2D eigenvalue weighted by Gasteiger charge is -2.15. The Hall–Kier alpha value is -3.04. The summed E-state index contributed by atoms with van der Waals surface area (Å²) in [6.07, 6.45) is -0.877. The zero-order chi connectivity index (χ0) is 16.7. The second-order valence-corrected chi connectivity index (χ2v) is 4.78. The van der Waals surface area contributed by atoms with E-state index in [2.05, 4.69) is 10.6 Å². The first-order chi connectivity index (χ1) is 11.1. The average molecular weight is 311 g/mol. The molecular weight excluding hydrogens is 294 g/mol. The summed E-state index contributed by atoms with van der Waals surface area (Å²) in [4.78, 5) is 11.8. The van der Waals surface area contributed by atoms with Gasteiger partial charge in [-0.1, -0.05) is 18.2 Å². The van der Waals surface area contributed by atoms with E-state index >= 15 is 0 Å². The minimum Gasteiger partial charge on any atom is -0.496 e. The van der Waals surface area contributed by atoms with Crippen molar-refractivity contribution < 1.29 is 14.6 Å². The van der Waals surface area contributed by atoms with Gasteiger partial charge >= 0.3 is 6.03 Å². The average Bonchev–Trinajstić information content (AvgIpc) is 2.60. The van der Waals surface area contributed by atoms with Crippen LogP contribution in [0, 0.1) is 11.3 Å². The lowest BCUT2D eigenvalue weighted by Crippen LogP contribution is -2.32. The SMILES string of the molecule is COc1ccccc1[C@@H](O)CNC(=O)Nc1ccc(C#N)cc1. The second kappa shape index (κ2) is 7.82. The number of nitrogens with one attached hydrogen (secondary N) is 2. The van der Waals surface area contributed by atoms with Crippen molar-refractivity contribution in [1.29, 1.82) is 5.26 Å². The minimum absolute atomic E-state index is 0.0441. The smallest absolute Gasteiger partial charge is 0.319 e. The van der Waals surface area contributed by atoms with Gasteiger partial charge in [-0.2, -0.15) is 5.26 Å². The predicted octanol–water partition coefficient (Wildman–Crippen LogP) is 2.42. The molecule has 1 atom stereocenters. The Morgan fingerprint density at radius 3 is 2.61 bits per heavy atom. The second-order valence-electron chi connectivity index (χ2n) is 4.78. The fraction of sp³-hybridized carbons (Fsp3) is 0.176. The summed E-state index contributed by atoms with van der Waals surface area (Å²) in [5.74, 6) is 0.564. The first-order valence-corrected chi connectivity index (χ1v) is 7.00. The maximum atomic E-state index is 11.8. The highest BCUT2D eigenvalue weighted by atomic mass is 16.5. The van der Waals surface area contributed by atoms with Crippen molar-refractivity contribution in [2.45, 2.75) is 6.10 Å². The molecule has 2 aromatic carbocycles. The molecule has 23 heavy (non-hydrogen) atoms. The summed E-state index contributed by atoms with van der Waals surface area (Å²) in [6, 6.07) is 15.1. The molecule has 3 N–H and O–H groups in total. The zero-order valence-corrected chi connectivity index (χ0v) is 12.6. The first kappa shape index (κ1) is 16.3. The van der Waals surface area contributed by atoms with Crippen molar-refractivity contribution in [3.8, 4) is 11.8 Å². The van der Waals surface area contributed by atoms with Crippen LogP contribution in [0.5, 0.6) is 5.75 Å². The van der Waals surface area contributed by atoms with E-state index in [1.807, 2.05) is 6.07 Å². The number of hydrogen-bond acceptors (Lipinski definition) is 4. The number of aliphatic hydroxyl groups is 1. The number of amides is 2. The van der Waals surface area contributed by atoms with E-state index < -0.39 is 12.1 Å². The molecule has 2 rings (SSSR count). The maximum Gasteiger partial charge on any atom is 0.319 e. The van der Waals surface area contributed by atoms with Crippen LogP contribution in [0.25, 0.3) is 0 Å². The number of para-hydroxylation sites is 1. The third-order valence-electron chi connectivity index (χ3n) is 3.23. The number of urea groups is 1. The molecule has 2 aromatic rings. The monoisotopic (exact) mass is 311 g/mol. The highest BCUT2D eigenvalue weighted by Crippen LogP contribution is 2.24. The van der Waals surface area contributed by atoms with E-state index in [0.717, 1.165) is 0 Å². The molecule has 0 aliphatic rings. The summed E-state index contributed by atoms with van der Waals surface area (Å²) in [7, 11) is 1.52. The number of ether oxygens (including phenoxy) is 1. The van der Waals surface area contributed by atoms with Crippen LogP contribution in [0.2, 0.25) is 0 Å². The van der Waals surface area contributed by atoms with Crippen molar-refractivity contribution in [2.75, 3.05) is 19.0 Å². The van der Waals surface area contributed by atoms with Gasteiger partial charge in [0.15, 0.2) is 0 Å². The molecule has 0 aromatic heterocycles. The van der Waals surface area contributed by atoms with Crippen molar-refractivity contribution in [3.05, 3.63) is 59.7 Å². The summed E-state index contributed by atoms with van der Waals surface area (Å²) in [5, 5.41) is 24.1. The molecule has 6 nitrogen and oxygen atoms in total. The van der Waals surface area contributed by atoms with E-state index in [1.165, 1.54) is 7.11 Å². The standard InChI is InChI=1S/C17H17N3O3/c1-23-16-5-3-2-4-14(16)15(21)11-19-17(22)20-13-8-6-12(10-18)7-9-13/h2-9,15,21H,11H2,1H3,(H2,19,20,22)/t15-/m0/s1. The molecule has 2 amide bonds. The number of nitriles is 1. The number of carbonyl (C=O) groups excluding carboxylic acids is 1. The lowest BCUT2D eigenvalue weighted by molar-refractivity contribution is 0.171. The number of rotatable bonds is 5. The quantitative estimate of drug-likeness (QED) is 0.790. The van der Waals surface area contributed by atoms with E-state index in [9.17, 15) is 9.90 Å².